The van der Waals surface area contributed by atoms with Gasteiger partial charge in [0.1, 0.15) is 6.04 Å². The van der Waals surface area contributed by atoms with Crippen molar-refractivity contribution in [2.24, 2.45) is 5.73 Å². The molecule has 2 atom stereocenters. The van der Waals surface area contributed by atoms with Gasteiger partial charge in [-0.1, -0.05) is 30.3 Å². The normalized spacial score (nSPS) is 25.8. The number of benzene rings is 1. The van der Waals surface area contributed by atoms with Crippen molar-refractivity contribution in [3.63, 3.8) is 0 Å². The van der Waals surface area contributed by atoms with Gasteiger partial charge in [0.05, 0.1) is 5.60 Å². The number of aliphatic hydroxyl groups is 1. The predicted molar refractivity (Wildman–Crippen MR) is 69.8 cm³/mol. The summed E-state index contributed by atoms with van der Waals surface area (Å²) >= 11 is 0. The number of nitrogens with zero attached hydrogens (tertiary/aromatic N) is 1. The number of carbonyl (C=O) groups is 1. The predicted octanol–water partition coefficient (Wildman–Crippen LogP) is 1.06. The number of rotatable bonds is 2. The summed E-state index contributed by atoms with van der Waals surface area (Å²) < 4.78 is 0. The third kappa shape index (κ3) is 2.89. The lowest BCUT2D eigenvalue weighted by molar-refractivity contribution is -0.139. The van der Waals surface area contributed by atoms with Crippen LogP contribution >= 0.6 is 0 Å². The maximum Gasteiger partial charge on any atom is 0.244 e. The molecule has 4 heteroatoms. The van der Waals surface area contributed by atoms with Crippen molar-refractivity contribution in [1.29, 1.82) is 0 Å². The Labute approximate surface area is 107 Å². The van der Waals surface area contributed by atoms with Gasteiger partial charge in [-0.05, 0) is 25.3 Å². The molecule has 1 unspecified atom stereocenters. The van der Waals surface area contributed by atoms with Crippen LogP contribution in [0.3, 0.4) is 0 Å². The Kier molecular flexibility index (Phi) is 3.68. The molecule has 1 heterocycles. The summed E-state index contributed by atoms with van der Waals surface area (Å²) in [4.78, 5) is 13.9. The largest absolute Gasteiger partial charge is 0.388 e. The van der Waals surface area contributed by atoms with Crippen molar-refractivity contribution in [2.45, 2.75) is 31.4 Å². The zero-order valence-electron chi connectivity index (χ0n) is 10.7. The molecule has 1 saturated heterocycles. The molecule has 1 aromatic carbocycles. The van der Waals surface area contributed by atoms with Crippen molar-refractivity contribution < 1.29 is 9.90 Å². The topological polar surface area (TPSA) is 66.6 Å². The van der Waals surface area contributed by atoms with Crippen LogP contribution in [0.15, 0.2) is 30.3 Å². The second-order valence-electron chi connectivity index (χ2n) is 5.25. The molecule has 3 N–H and O–H groups in total. The maximum atomic E-state index is 12.3. The lowest BCUT2D eigenvalue weighted by atomic mass is 9.94. The van der Waals surface area contributed by atoms with Gasteiger partial charge in [-0.25, -0.2) is 0 Å². The van der Waals surface area contributed by atoms with Crippen LogP contribution in [0, 0.1) is 0 Å². The van der Waals surface area contributed by atoms with Gasteiger partial charge >= 0.3 is 0 Å². The lowest BCUT2D eigenvalue weighted by Crippen LogP contribution is -2.51. The molecule has 1 amide bonds. The average Bonchev–Trinajstić information content (AvgIpc) is 2.37. The van der Waals surface area contributed by atoms with Crippen LogP contribution in [0.1, 0.15) is 31.4 Å². The number of β-amino-alcohol motifs (C(OH)–C–C–N with tert-alkyl or cyclic N) is 1. The van der Waals surface area contributed by atoms with E-state index in [1.165, 1.54) is 0 Å². The van der Waals surface area contributed by atoms with Gasteiger partial charge in [-0.2, -0.15) is 0 Å². The van der Waals surface area contributed by atoms with Gasteiger partial charge in [-0.3, -0.25) is 4.79 Å². The molecule has 0 saturated carbocycles. The number of nitrogens with two attached hydrogens (primary N) is 1. The van der Waals surface area contributed by atoms with Gasteiger partial charge in [0.25, 0.3) is 0 Å². The minimum Gasteiger partial charge on any atom is -0.388 e. The number of hydrogen-bond donors (Lipinski definition) is 2. The Morgan fingerprint density at radius 2 is 2.11 bits per heavy atom. The summed E-state index contributed by atoms with van der Waals surface area (Å²) in [7, 11) is 0. The van der Waals surface area contributed by atoms with Gasteiger partial charge in [0.2, 0.25) is 5.91 Å². The minimum atomic E-state index is -0.787. The molecule has 1 aliphatic rings. The first-order valence-electron chi connectivity index (χ1n) is 6.31. The molecular weight excluding hydrogens is 228 g/mol. The van der Waals surface area contributed by atoms with Crippen LogP contribution in [0.25, 0.3) is 0 Å². The van der Waals surface area contributed by atoms with Crippen LogP contribution in [0.2, 0.25) is 0 Å². The molecule has 4 nitrogen and oxygen atoms in total. The molecule has 98 valence electrons. The Bertz CT molecular complexity index is 417. The van der Waals surface area contributed by atoms with Crippen molar-refractivity contribution in [1.82, 2.24) is 4.90 Å². The van der Waals surface area contributed by atoms with E-state index < -0.39 is 11.6 Å². The molecule has 1 fully saturated rings. The van der Waals surface area contributed by atoms with E-state index >= 15 is 0 Å². The van der Waals surface area contributed by atoms with Crippen LogP contribution in [-0.4, -0.2) is 34.6 Å². The first-order valence-corrected chi connectivity index (χ1v) is 6.31. The van der Waals surface area contributed by atoms with Gasteiger partial charge in [0.15, 0.2) is 0 Å². The van der Waals surface area contributed by atoms with E-state index in [0.29, 0.717) is 13.1 Å². The SMILES string of the molecule is CC1(O)CCCN(C(=O)[C@@H](N)c2ccccc2)C1. The highest BCUT2D eigenvalue weighted by molar-refractivity contribution is 5.83. The van der Waals surface area contributed by atoms with E-state index in [0.717, 1.165) is 18.4 Å². The fourth-order valence-corrected chi connectivity index (χ4v) is 2.41. The van der Waals surface area contributed by atoms with Crippen LogP contribution in [-0.2, 0) is 4.79 Å². The summed E-state index contributed by atoms with van der Waals surface area (Å²) in [5.74, 6) is -0.110. The third-order valence-electron chi connectivity index (χ3n) is 3.41. The summed E-state index contributed by atoms with van der Waals surface area (Å²) in [6.45, 7) is 2.81. The zero-order chi connectivity index (χ0) is 13.2. The second-order valence-corrected chi connectivity index (χ2v) is 5.25. The second kappa shape index (κ2) is 5.08. The Hall–Kier alpha value is -1.39. The molecular formula is C14H20N2O2. The van der Waals surface area contributed by atoms with Crippen LogP contribution < -0.4 is 5.73 Å². The van der Waals surface area contributed by atoms with Crippen molar-refractivity contribution >= 4 is 5.91 Å². The molecule has 2 rings (SSSR count). The van der Waals surface area contributed by atoms with E-state index in [-0.39, 0.29) is 5.91 Å². The van der Waals surface area contributed by atoms with Gasteiger partial charge in [-0.15, -0.1) is 0 Å². The number of amides is 1. The Morgan fingerprint density at radius 1 is 1.44 bits per heavy atom. The molecule has 18 heavy (non-hydrogen) atoms. The van der Waals surface area contributed by atoms with Crippen LogP contribution in [0.5, 0.6) is 0 Å². The van der Waals surface area contributed by atoms with Gasteiger partial charge < -0.3 is 15.7 Å². The quantitative estimate of drug-likeness (QED) is 0.822. The van der Waals surface area contributed by atoms with Crippen LogP contribution in [0.4, 0.5) is 0 Å². The standard InChI is InChI=1S/C14H20N2O2/c1-14(18)8-5-9-16(10-14)13(17)12(15)11-6-3-2-4-7-11/h2-4,6-7,12,18H,5,8-10,15H2,1H3/t12-,14?/m0/s1. The molecule has 0 bridgehead atoms. The number of piperidine rings is 1. The smallest absolute Gasteiger partial charge is 0.244 e. The number of hydrogen-bond acceptors (Lipinski definition) is 3. The third-order valence-corrected chi connectivity index (χ3v) is 3.41. The maximum absolute atomic E-state index is 12.3. The van der Waals surface area contributed by atoms with Crippen molar-refractivity contribution in [3.8, 4) is 0 Å². The van der Waals surface area contributed by atoms with Crippen molar-refractivity contribution in [2.75, 3.05) is 13.1 Å². The Morgan fingerprint density at radius 3 is 2.72 bits per heavy atom. The van der Waals surface area contributed by atoms with E-state index in [4.69, 9.17) is 5.73 Å². The van der Waals surface area contributed by atoms with E-state index in [1.807, 2.05) is 30.3 Å². The highest BCUT2D eigenvalue weighted by Gasteiger charge is 2.33. The molecule has 1 aliphatic heterocycles. The first-order chi connectivity index (χ1) is 8.49. The molecule has 0 spiro atoms. The Balaban J connectivity index is 2.07. The summed E-state index contributed by atoms with van der Waals surface area (Å²) in [5.41, 5.74) is 6.01. The molecule has 0 aliphatic carbocycles. The number of likely N-dealkylation sites (tertiary alicyclic amines) is 1. The molecule has 0 radical (unpaired) electrons. The first kappa shape index (κ1) is 13.1. The van der Waals surface area contributed by atoms with E-state index in [2.05, 4.69) is 0 Å². The molecule has 1 aromatic rings. The highest BCUT2D eigenvalue weighted by atomic mass is 16.3. The monoisotopic (exact) mass is 248 g/mol. The number of carbonyl (C=O) groups excluding carboxylic acids is 1. The van der Waals surface area contributed by atoms with E-state index in [1.54, 1.807) is 11.8 Å². The lowest BCUT2D eigenvalue weighted by Gasteiger charge is -2.38. The zero-order valence-corrected chi connectivity index (χ0v) is 10.7. The molecule has 0 aromatic heterocycles. The fraction of sp³-hybridized carbons (Fsp3) is 0.500. The van der Waals surface area contributed by atoms with E-state index in [9.17, 15) is 9.90 Å². The fourth-order valence-electron chi connectivity index (χ4n) is 2.41. The van der Waals surface area contributed by atoms with Gasteiger partial charge in [0, 0.05) is 13.1 Å². The minimum absolute atomic E-state index is 0.110. The summed E-state index contributed by atoms with van der Waals surface area (Å²) in [5, 5.41) is 10.0. The average molecular weight is 248 g/mol. The van der Waals surface area contributed by atoms with Crippen molar-refractivity contribution in [3.05, 3.63) is 35.9 Å². The summed E-state index contributed by atoms with van der Waals surface area (Å²) in [6, 6.07) is 8.70. The highest BCUT2D eigenvalue weighted by Crippen LogP contribution is 2.23. The summed E-state index contributed by atoms with van der Waals surface area (Å²) in [6.07, 6.45) is 1.55.